The van der Waals surface area contributed by atoms with Crippen LogP contribution in [0.3, 0.4) is 0 Å². The molecule has 0 saturated heterocycles. The van der Waals surface area contributed by atoms with Crippen LogP contribution in [0.25, 0.3) is 0 Å². The number of carbonyl (C=O) groups is 2. The Morgan fingerprint density at radius 1 is 0.654 bits per heavy atom. The molecule has 0 saturated carbocycles. The van der Waals surface area contributed by atoms with Crippen molar-refractivity contribution in [3.05, 3.63) is 90.0 Å². The largest absolute Gasteiger partial charge is 0.323 e. The topological polar surface area (TPSA) is 70.2 Å². The lowest BCUT2D eigenvalue weighted by molar-refractivity contribution is 0.102. The van der Waals surface area contributed by atoms with Crippen molar-refractivity contribution >= 4 is 29.0 Å². The van der Waals surface area contributed by atoms with Crippen LogP contribution >= 0.6 is 0 Å². The fraction of sp³-hybridized carbons (Fsp3) is 0.0476. The van der Waals surface area contributed by atoms with Gasteiger partial charge in [-0.2, -0.15) is 0 Å². The Hall–Kier alpha value is -3.60. The minimum Gasteiger partial charge on any atom is -0.322 e. The molecule has 0 aromatic heterocycles. The fourth-order valence-corrected chi connectivity index (χ4v) is 2.48. The van der Waals surface area contributed by atoms with E-state index in [1.54, 1.807) is 36.4 Å². The summed E-state index contributed by atoms with van der Waals surface area (Å²) in [5.41, 5.74) is 3.49. The van der Waals surface area contributed by atoms with Gasteiger partial charge >= 0.3 is 6.03 Å². The number of hydrogen-bond donors (Lipinski definition) is 3. The van der Waals surface area contributed by atoms with Gasteiger partial charge in [0.15, 0.2) is 0 Å². The number of hydrogen-bond acceptors (Lipinski definition) is 2. The Balaban J connectivity index is 1.65. The van der Waals surface area contributed by atoms with E-state index in [-0.39, 0.29) is 11.9 Å². The van der Waals surface area contributed by atoms with E-state index in [1.165, 1.54) is 0 Å². The normalized spacial score (nSPS) is 10.0. The van der Waals surface area contributed by atoms with Crippen LogP contribution < -0.4 is 16.0 Å². The standard InChI is InChI=1S/C21H19N3O2/c1-15-7-5-11-18(13-15)22-20(25)16-8-6-12-19(14-16)24-21(26)23-17-9-3-2-4-10-17/h2-14H,1H3,(H,22,25)(H2,23,24,26). The van der Waals surface area contributed by atoms with Crippen LogP contribution in [0.15, 0.2) is 78.9 Å². The van der Waals surface area contributed by atoms with E-state index in [1.807, 2.05) is 49.4 Å². The van der Waals surface area contributed by atoms with Gasteiger partial charge in [0.05, 0.1) is 0 Å². The predicted octanol–water partition coefficient (Wildman–Crippen LogP) is 4.89. The molecule has 3 aromatic rings. The lowest BCUT2D eigenvalue weighted by Gasteiger charge is -2.10. The lowest BCUT2D eigenvalue weighted by atomic mass is 10.1. The van der Waals surface area contributed by atoms with E-state index in [0.717, 1.165) is 11.3 Å². The van der Waals surface area contributed by atoms with Crippen LogP contribution in [-0.2, 0) is 0 Å². The van der Waals surface area contributed by atoms with Crippen molar-refractivity contribution in [1.29, 1.82) is 0 Å². The van der Waals surface area contributed by atoms with Crippen LogP contribution in [0.5, 0.6) is 0 Å². The van der Waals surface area contributed by atoms with Crippen LogP contribution in [0, 0.1) is 6.92 Å². The molecule has 26 heavy (non-hydrogen) atoms. The number of rotatable bonds is 4. The molecule has 5 heteroatoms. The van der Waals surface area contributed by atoms with Crippen molar-refractivity contribution in [1.82, 2.24) is 0 Å². The summed E-state index contributed by atoms with van der Waals surface area (Å²) in [5.74, 6) is -0.234. The van der Waals surface area contributed by atoms with Gasteiger partial charge in [0, 0.05) is 22.6 Å². The third kappa shape index (κ3) is 4.70. The van der Waals surface area contributed by atoms with Crippen LogP contribution in [-0.4, -0.2) is 11.9 Å². The highest BCUT2D eigenvalue weighted by Gasteiger charge is 2.08. The number of aryl methyl sites for hydroxylation is 1. The Morgan fingerprint density at radius 3 is 2.00 bits per heavy atom. The smallest absolute Gasteiger partial charge is 0.322 e. The highest BCUT2D eigenvalue weighted by molar-refractivity contribution is 6.06. The van der Waals surface area contributed by atoms with Gasteiger partial charge in [-0.3, -0.25) is 4.79 Å². The molecule has 3 N–H and O–H groups in total. The number of nitrogens with one attached hydrogen (secondary N) is 3. The number of carbonyl (C=O) groups excluding carboxylic acids is 2. The second-order valence-electron chi connectivity index (χ2n) is 5.85. The van der Waals surface area contributed by atoms with Crippen molar-refractivity contribution < 1.29 is 9.59 Å². The summed E-state index contributed by atoms with van der Waals surface area (Å²) >= 11 is 0. The molecule has 0 spiro atoms. The van der Waals surface area contributed by atoms with E-state index < -0.39 is 0 Å². The summed E-state index contributed by atoms with van der Waals surface area (Å²) in [6, 6.07) is 23.1. The first kappa shape index (κ1) is 17.2. The summed E-state index contributed by atoms with van der Waals surface area (Å²) in [4.78, 5) is 24.5. The molecule has 0 aliphatic carbocycles. The number of para-hydroxylation sites is 1. The first-order valence-electron chi connectivity index (χ1n) is 8.21. The summed E-state index contributed by atoms with van der Waals surface area (Å²) in [6.45, 7) is 1.96. The maximum atomic E-state index is 12.4. The van der Waals surface area contributed by atoms with Crippen LogP contribution in [0.1, 0.15) is 15.9 Å². The Labute approximate surface area is 152 Å². The summed E-state index contributed by atoms with van der Waals surface area (Å²) in [5, 5.41) is 8.32. The molecular weight excluding hydrogens is 326 g/mol. The van der Waals surface area contributed by atoms with Crippen molar-refractivity contribution in [2.45, 2.75) is 6.92 Å². The van der Waals surface area contributed by atoms with Crippen molar-refractivity contribution in [3.63, 3.8) is 0 Å². The van der Waals surface area contributed by atoms with Gasteiger partial charge in [-0.15, -0.1) is 0 Å². The summed E-state index contributed by atoms with van der Waals surface area (Å²) in [6.07, 6.45) is 0. The van der Waals surface area contributed by atoms with Gasteiger partial charge in [-0.05, 0) is 55.0 Å². The Kier molecular flexibility index (Phi) is 5.29. The van der Waals surface area contributed by atoms with E-state index in [0.29, 0.717) is 16.9 Å². The number of amides is 3. The third-order valence-corrected chi connectivity index (χ3v) is 3.69. The van der Waals surface area contributed by atoms with Gasteiger partial charge in [-0.1, -0.05) is 36.4 Å². The molecule has 3 aromatic carbocycles. The third-order valence-electron chi connectivity index (χ3n) is 3.69. The maximum absolute atomic E-state index is 12.4. The van der Waals surface area contributed by atoms with Crippen LogP contribution in [0.4, 0.5) is 21.9 Å². The van der Waals surface area contributed by atoms with Crippen LogP contribution in [0.2, 0.25) is 0 Å². The molecule has 0 atom stereocenters. The van der Waals surface area contributed by atoms with Gasteiger partial charge in [-0.25, -0.2) is 4.79 Å². The van der Waals surface area contributed by atoms with Crippen molar-refractivity contribution in [3.8, 4) is 0 Å². The maximum Gasteiger partial charge on any atom is 0.323 e. The molecule has 0 aliphatic rings. The predicted molar refractivity (Wildman–Crippen MR) is 105 cm³/mol. The molecule has 3 amide bonds. The quantitative estimate of drug-likeness (QED) is 0.630. The molecular formula is C21H19N3O2. The molecule has 0 radical (unpaired) electrons. The average molecular weight is 345 g/mol. The van der Waals surface area contributed by atoms with E-state index in [9.17, 15) is 9.59 Å². The lowest BCUT2D eigenvalue weighted by Crippen LogP contribution is -2.20. The SMILES string of the molecule is Cc1cccc(NC(=O)c2cccc(NC(=O)Nc3ccccc3)c2)c1. The second-order valence-corrected chi connectivity index (χ2v) is 5.85. The average Bonchev–Trinajstić information content (AvgIpc) is 2.62. The van der Waals surface area contributed by atoms with Gasteiger partial charge in [0.2, 0.25) is 0 Å². The van der Waals surface area contributed by atoms with E-state index >= 15 is 0 Å². The van der Waals surface area contributed by atoms with Crippen molar-refractivity contribution in [2.75, 3.05) is 16.0 Å². The molecule has 0 unspecified atom stereocenters. The minimum absolute atomic E-state index is 0.234. The highest BCUT2D eigenvalue weighted by Crippen LogP contribution is 2.15. The first-order valence-corrected chi connectivity index (χ1v) is 8.21. The first-order chi connectivity index (χ1) is 12.6. The molecule has 130 valence electrons. The number of urea groups is 1. The Bertz CT molecular complexity index is 923. The molecule has 0 heterocycles. The molecule has 3 rings (SSSR count). The zero-order chi connectivity index (χ0) is 18.4. The molecule has 0 aliphatic heterocycles. The summed E-state index contributed by atoms with van der Waals surface area (Å²) in [7, 11) is 0. The second kappa shape index (κ2) is 7.98. The zero-order valence-electron chi connectivity index (χ0n) is 14.3. The number of anilines is 3. The van der Waals surface area contributed by atoms with Gasteiger partial charge in [0.25, 0.3) is 5.91 Å². The molecule has 5 nitrogen and oxygen atoms in total. The molecule has 0 fully saturated rings. The summed E-state index contributed by atoms with van der Waals surface area (Å²) < 4.78 is 0. The van der Waals surface area contributed by atoms with E-state index in [4.69, 9.17) is 0 Å². The zero-order valence-corrected chi connectivity index (χ0v) is 14.3. The molecule has 0 bridgehead atoms. The monoisotopic (exact) mass is 345 g/mol. The van der Waals surface area contributed by atoms with Crippen molar-refractivity contribution in [2.24, 2.45) is 0 Å². The highest BCUT2D eigenvalue weighted by atomic mass is 16.2. The van der Waals surface area contributed by atoms with E-state index in [2.05, 4.69) is 16.0 Å². The van der Waals surface area contributed by atoms with Gasteiger partial charge in [0.1, 0.15) is 0 Å². The minimum atomic E-state index is -0.368. The van der Waals surface area contributed by atoms with Gasteiger partial charge < -0.3 is 16.0 Å². The number of benzene rings is 3. The Morgan fingerprint density at radius 2 is 1.27 bits per heavy atom. The fourth-order valence-electron chi connectivity index (χ4n) is 2.48.